The summed E-state index contributed by atoms with van der Waals surface area (Å²) in [4.78, 5) is 0. The number of methoxy groups -OCH3 is 1. The molecule has 3 rings (SSSR count). The third kappa shape index (κ3) is 4.84. The molecule has 1 aliphatic rings. The normalized spacial score (nSPS) is 13.2. The summed E-state index contributed by atoms with van der Waals surface area (Å²) in [7, 11) is 1.64. The minimum Gasteiger partial charge on any atom is -0.497 e. The van der Waals surface area contributed by atoms with E-state index in [9.17, 15) is 0 Å². The molecule has 0 heterocycles. The average molecular weight is 268 g/mol. The molecular weight excluding hydrogens is 248 g/mol. The molecule has 0 bridgehead atoms. The highest BCUT2D eigenvalue weighted by Crippen LogP contribution is 2.20. The van der Waals surface area contributed by atoms with Crippen LogP contribution in [-0.4, -0.2) is 7.11 Å². The Morgan fingerprint density at radius 3 is 1.65 bits per heavy atom. The zero-order valence-electron chi connectivity index (χ0n) is 11.8. The van der Waals surface area contributed by atoms with Gasteiger partial charge in [-0.2, -0.15) is 10.2 Å². The van der Waals surface area contributed by atoms with Crippen LogP contribution in [0.5, 0.6) is 5.75 Å². The molecule has 1 aliphatic carbocycles. The Morgan fingerprint density at radius 2 is 1.20 bits per heavy atom. The van der Waals surface area contributed by atoms with Crippen molar-refractivity contribution in [2.24, 2.45) is 10.2 Å². The summed E-state index contributed by atoms with van der Waals surface area (Å²) in [6.45, 7) is 0. The van der Waals surface area contributed by atoms with Gasteiger partial charge in [-0.05, 0) is 36.4 Å². The van der Waals surface area contributed by atoms with E-state index in [1.165, 1.54) is 25.7 Å². The summed E-state index contributed by atoms with van der Waals surface area (Å²) in [5.41, 5.74) is 1.66. The van der Waals surface area contributed by atoms with Gasteiger partial charge in [-0.3, -0.25) is 0 Å². The lowest BCUT2D eigenvalue weighted by Gasteiger charge is -2.05. The maximum Gasteiger partial charge on any atom is 0.119 e. The lowest BCUT2D eigenvalue weighted by atomic mass is 10.0. The van der Waals surface area contributed by atoms with Gasteiger partial charge < -0.3 is 4.74 Å². The number of ether oxygens (including phenoxy) is 1. The van der Waals surface area contributed by atoms with Gasteiger partial charge in [0, 0.05) is 0 Å². The average Bonchev–Trinajstić information content (AvgIpc) is 2.45. The van der Waals surface area contributed by atoms with E-state index in [0.29, 0.717) is 0 Å². The van der Waals surface area contributed by atoms with Gasteiger partial charge in [0.05, 0.1) is 18.5 Å². The van der Waals surface area contributed by atoms with Crippen LogP contribution in [0.25, 0.3) is 0 Å². The zero-order chi connectivity index (χ0) is 14.0. The smallest absolute Gasteiger partial charge is 0.119 e. The molecule has 0 aromatic heterocycles. The van der Waals surface area contributed by atoms with Crippen molar-refractivity contribution in [3.8, 4) is 5.75 Å². The molecule has 2 aromatic carbocycles. The molecule has 0 unspecified atom stereocenters. The minimum atomic E-state index is 0.810. The highest BCUT2D eigenvalue weighted by molar-refractivity contribution is 5.42. The second-order valence-corrected chi connectivity index (χ2v) is 4.65. The van der Waals surface area contributed by atoms with Crippen LogP contribution in [0, 0.1) is 0 Å². The first-order valence-corrected chi connectivity index (χ1v) is 6.99. The third-order valence-electron chi connectivity index (χ3n) is 3.11. The van der Waals surface area contributed by atoms with Crippen molar-refractivity contribution in [2.75, 3.05) is 7.11 Å². The lowest BCUT2D eigenvalue weighted by Crippen LogP contribution is -1.85. The molecule has 2 aromatic rings. The first-order chi connectivity index (χ1) is 9.88. The Morgan fingerprint density at radius 1 is 0.700 bits per heavy atom. The maximum absolute atomic E-state index is 5.06. The Labute approximate surface area is 120 Å². The van der Waals surface area contributed by atoms with Crippen molar-refractivity contribution in [1.82, 2.24) is 0 Å². The van der Waals surface area contributed by atoms with Crippen molar-refractivity contribution in [3.63, 3.8) is 0 Å². The van der Waals surface area contributed by atoms with E-state index >= 15 is 0 Å². The van der Waals surface area contributed by atoms with Crippen LogP contribution in [0.15, 0.2) is 64.8 Å². The predicted octanol–water partition coefficient (Wildman–Crippen LogP) is 5.67. The van der Waals surface area contributed by atoms with Gasteiger partial charge >= 0.3 is 0 Å². The molecule has 0 saturated heterocycles. The molecule has 0 atom stereocenters. The Kier molecular flexibility index (Phi) is 5.77. The predicted molar refractivity (Wildman–Crippen MR) is 82.1 cm³/mol. The van der Waals surface area contributed by atoms with Gasteiger partial charge in [0.15, 0.2) is 0 Å². The Bertz CT molecular complexity index is 512. The van der Waals surface area contributed by atoms with E-state index in [2.05, 4.69) is 10.2 Å². The Balaban J connectivity index is 0.000000315. The van der Waals surface area contributed by atoms with Crippen molar-refractivity contribution in [2.45, 2.75) is 25.7 Å². The van der Waals surface area contributed by atoms with Gasteiger partial charge in [0.25, 0.3) is 0 Å². The number of hydrogen-bond acceptors (Lipinski definition) is 3. The Hall–Kier alpha value is -2.16. The standard InChI is InChI=1S/C13H12N2O.C4H8/c1-16-13-9-7-12(8-10-13)15-14-11-5-3-2-4-6-11;1-2-4-3-1/h2-10H,1H3;1-4H2. The summed E-state index contributed by atoms with van der Waals surface area (Å²) < 4.78 is 5.06. The van der Waals surface area contributed by atoms with Gasteiger partial charge in [0.2, 0.25) is 0 Å². The first kappa shape index (κ1) is 14.3. The molecule has 0 aliphatic heterocycles. The van der Waals surface area contributed by atoms with Crippen molar-refractivity contribution >= 4 is 11.4 Å². The van der Waals surface area contributed by atoms with Crippen molar-refractivity contribution < 1.29 is 4.74 Å². The van der Waals surface area contributed by atoms with E-state index in [0.717, 1.165) is 17.1 Å². The molecule has 0 N–H and O–H groups in total. The summed E-state index contributed by atoms with van der Waals surface area (Å²) in [6.07, 6.45) is 6.00. The second kappa shape index (κ2) is 8.10. The molecule has 3 nitrogen and oxygen atoms in total. The number of nitrogens with zero attached hydrogens (tertiary/aromatic N) is 2. The largest absolute Gasteiger partial charge is 0.497 e. The molecule has 1 fully saturated rings. The van der Waals surface area contributed by atoms with Crippen LogP contribution in [0.2, 0.25) is 0 Å². The highest BCUT2D eigenvalue weighted by Gasteiger charge is 1.95. The van der Waals surface area contributed by atoms with Crippen LogP contribution in [-0.2, 0) is 0 Å². The summed E-state index contributed by atoms with van der Waals surface area (Å²) >= 11 is 0. The fourth-order valence-corrected chi connectivity index (χ4v) is 1.51. The molecule has 20 heavy (non-hydrogen) atoms. The van der Waals surface area contributed by atoms with Crippen LogP contribution in [0.3, 0.4) is 0 Å². The first-order valence-electron chi connectivity index (χ1n) is 6.99. The van der Waals surface area contributed by atoms with E-state index in [1.807, 2.05) is 54.6 Å². The van der Waals surface area contributed by atoms with Crippen LogP contribution in [0.1, 0.15) is 25.7 Å². The number of azo groups is 1. The molecule has 0 radical (unpaired) electrons. The highest BCUT2D eigenvalue weighted by atomic mass is 16.5. The van der Waals surface area contributed by atoms with Gasteiger partial charge in [-0.1, -0.05) is 43.9 Å². The van der Waals surface area contributed by atoms with E-state index in [-0.39, 0.29) is 0 Å². The molecule has 0 amide bonds. The fraction of sp³-hybridized carbons (Fsp3) is 0.294. The summed E-state index contributed by atoms with van der Waals surface area (Å²) in [6, 6.07) is 17.1. The van der Waals surface area contributed by atoms with Crippen molar-refractivity contribution in [1.29, 1.82) is 0 Å². The van der Waals surface area contributed by atoms with Crippen molar-refractivity contribution in [3.05, 3.63) is 54.6 Å². The van der Waals surface area contributed by atoms with E-state index in [1.54, 1.807) is 7.11 Å². The monoisotopic (exact) mass is 268 g/mol. The van der Waals surface area contributed by atoms with E-state index in [4.69, 9.17) is 4.74 Å². The topological polar surface area (TPSA) is 34.0 Å². The summed E-state index contributed by atoms with van der Waals surface area (Å²) in [5.74, 6) is 0.818. The van der Waals surface area contributed by atoms with Crippen LogP contribution in [0.4, 0.5) is 11.4 Å². The van der Waals surface area contributed by atoms with Gasteiger partial charge in [-0.25, -0.2) is 0 Å². The van der Waals surface area contributed by atoms with Crippen LogP contribution < -0.4 is 4.74 Å². The SMILES string of the molecule is C1CCC1.COc1ccc(N=Nc2ccccc2)cc1. The number of benzene rings is 2. The summed E-state index contributed by atoms with van der Waals surface area (Å²) in [5, 5.41) is 8.24. The quantitative estimate of drug-likeness (QED) is 0.660. The molecule has 1 saturated carbocycles. The lowest BCUT2D eigenvalue weighted by molar-refractivity contribution is 0.415. The minimum absolute atomic E-state index is 0.810. The van der Waals surface area contributed by atoms with Gasteiger partial charge in [0.1, 0.15) is 5.75 Å². The molecule has 0 spiro atoms. The molecular formula is C17H20N2O. The third-order valence-corrected chi connectivity index (χ3v) is 3.11. The van der Waals surface area contributed by atoms with E-state index < -0.39 is 0 Å². The van der Waals surface area contributed by atoms with Crippen LogP contribution >= 0.6 is 0 Å². The second-order valence-electron chi connectivity index (χ2n) is 4.65. The fourth-order valence-electron chi connectivity index (χ4n) is 1.51. The zero-order valence-corrected chi connectivity index (χ0v) is 11.8. The molecule has 104 valence electrons. The van der Waals surface area contributed by atoms with Gasteiger partial charge in [-0.15, -0.1) is 0 Å². The molecule has 3 heteroatoms. The maximum atomic E-state index is 5.06. The number of rotatable bonds is 3. The number of hydrogen-bond donors (Lipinski definition) is 0.